The second-order valence-electron chi connectivity index (χ2n) is 16.2. The molecule has 6 heteroatoms. The van der Waals surface area contributed by atoms with Crippen molar-refractivity contribution in [2.45, 2.75) is 131 Å². The standard InChI is InChI=1S/C33H52O6/c1-20(34)39-24-11-12-30(6)22(27(24,2)3)10-13-33(37)21(25(30)35)18-31(7)23-19-29(5,26(36)38-9)15-14-28(23,4)16-17-32(31,33)8/h21-24,37H,10-19H2,1-9H3/t21-,22-,23+,24-,28+,29+,30-,31-,32-,33+/m0/s1. The topological polar surface area (TPSA) is 89.9 Å². The van der Waals surface area contributed by atoms with Crippen molar-refractivity contribution < 1.29 is 29.0 Å². The lowest BCUT2D eigenvalue weighted by molar-refractivity contribution is -0.202. The highest BCUT2D eigenvalue weighted by molar-refractivity contribution is 5.89. The summed E-state index contributed by atoms with van der Waals surface area (Å²) in [6.07, 6.45) is 7.57. The third kappa shape index (κ3) is 3.57. The van der Waals surface area contributed by atoms with Crippen molar-refractivity contribution >= 4 is 17.7 Å². The van der Waals surface area contributed by atoms with Crippen LogP contribution in [0.1, 0.15) is 120 Å². The molecule has 0 saturated heterocycles. The highest BCUT2D eigenvalue weighted by Gasteiger charge is 2.76. The number of esters is 2. The summed E-state index contributed by atoms with van der Waals surface area (Å²) in [7, 11) is 1.48. The molecule has 0 unspecified atom stereocenters. The van der Waals surface area contributed by atoms with Gasteiger partial charge in [0, 0.05) is 29.1 Å². The number of hydrogen-bond donors (Lipinski definition) is 1. The van der Waals surface area contributed by atoms with Crippen molar-refractivity contribution in [3.63, 3.8) is 0 Å². The molecule has 220 valence electrons. The van der Waals surface area contributed by atoms with Crippen LogP contribution in [-0.2, 0) is 23.9 Å². The number of rotatable bonds is 2. The second-order valence-corrected chi connectivity index (χ2v) is 16.2. The first-order chi connectivity index (χ1) is 17.8. The van der Waals surface area contributed by atoms with Crippen LogP contribution in [0, 0.1) is 50.2 Å². The second kappa shape index (κ2) is 8.55. The molecule has 10 atom stereocenters. The lowest BCUT2D eigenvalue weighted by Gasteiger charge is -2.64. The van der Waals surface area contributed by atoms with Crippen LogP contribution in [0.15, 0.2) is 0 Å². The number of aliphatic hydroxyl groups is 1. The molecule has 0 aliphatic heterocycles. The minimum absolute atomic E-state index is 0.0336. The van der Waals surface area contributed by atoms with E-state index in [1.807, 2.05) is 0 Å². The summed E-state index contributed by atoms with van der Waals surface area (Å²) in [5.74, 6) is -0.350. The normalized spacial score (nSPS) is 52.4. The fourth-order valence-electron chi connectivity index (χ4n) is 11.5. The molecule has 0 aromatic carbocycles. The maximum Gasteiger partial charge on any atom is 0.311 e. The van der Waals surface area contributed by atoms with Gasteiger partial charge in [0.05, 0.1) is 18.1 Å². The van der Waals surface area contributed by atoms with Crippen molar-refractivity contribution in [2.24, 2.45) is 50.2 Å². The maximum absolute atomic E-state index is 14.8. The molecule has 0 aromatic rings. The Kier molecular flexibility index (Phi) is 6.37. The Morgan fingerprint density at radius 1 is 0.846 bits per heavy atom. The number of carbonyl (C=O) groups excluding carboxylic acids is 3. The van der Waals surface area contributed by atoms with E-state index in [0.717, 1.165) is 38.5 Å². The van der Waals surface area contributed by atoms with Crippen LogP contribution in [0.2, 0.25) is 0 Å². The molecular weight excluding hydrogens is 492 g/mol. The molecule has 0 amide bonds. The molecule has 5 aliphatic carbocycles. The van der Waals surface area contributed by atoms with E-state index >= 15 is 0 Å². The largest absolute Gasteiger partial charge is 0.469 e. The summed E-state index contributed by atoms with van der Waals surface area (Å²) in [6, 6.07) is 0. The van der Waals surface area contributed by atoms with Crippen LogP contribution >= 0.6 is 0 Å². The summed E-state index contributed by atoms with van der Waals surface area (Å²) < 4.78 is 11.1. The molecule has 1 N–H and O–H groups in total. The quantitative estimate of drug-likeness (QED) is 0.412. The van der Waals surface area contributed by atoms with Gasteiger partial charge in [-0.25, -0.2) is 0 Å². The van der Waals surface area contributed by atoms with Crippen molar-refractivity contribution in [2.75, 3.05) is 7.11 Å². The van der Waals surface area contributed by atoms with Gasteiger partial charge in [0.2, 0.25) is 0 Å². The van der Waals surface area contributed by atoms with Crippen LogP contribution in [0.25, 0.3) is 0 Å². The molecule has 0 heterocycles. The number of ether oxygens (including phenoxy) is 2. The van der Waals surface area contributed by atoms with Crippen LogP contribution in [-0.4, -0.2) is 41.6 Å². The van der Waals surface area contributed by atoms with Crippen molar-refractivity contribution in [1.82, 2.24) is 0 Å². The van der Waals surface area contributed by atoms with Gasteiger partial charge < -0.3 is 14.6 Å². The van der Waals surface area contributed by atoms with Crippen LogP contribution in [0.5, 0.6) is 0 Å². The molecule has 0 aromatic heterocycles. The summed E-state index contributed by atoms with van der Waals surface area (Å²) in [6.45, 7) is 16.9. The van der Waals surface area contributed by atoms with Gasteiger partial charge in [-0.15, -0.1) is 0 Å². The first-order valence-corrected chi connectivity index (χ1v) is 15.4. The van der Waals surface area contributed by atoms with Gasteiger partial charge in [0.15, 0.2) is 0 Å². The van der Waals surface area contributed by atoms with Crippen LogP contribution in [0.4, 0.5) is 0 Å². The van der Waals surface area contributed by atoms with Crippen molar-refractivity contribution in [1.29, 1.82) is 0 Å². The van der Waals surface area contributed by atoms with Gasteiger partial charge in [-0.1, -0.05) is 41.5 Å². The highest BCUT2D eigenvalue weighted by Crippen LogP contribution is 2.77. The lowest BCUT2D eigenvalue weighted by atomic mass is 9.40. The fourth-order valence-corrected chi connectivity index (χ4v) is 11.5. The van der Waals surface area contributed by atoms with Crippen LogP contribution < -0.4 is 0 Å². The molecule has 0 spiro atoms. The zero-order valence-electron chi connectivity index (χ0n) is 25.9. The summed E-state index contributed by atoms with van der Waals surface area (Å²) >= 11 is 0. The zero-order valence-corrected chi connectivity index (χ0v) is 25.9. The van der Waals surface area contributed by atoms with E-state index in [0.29, 0.717) is 25.7 Å². The zero-order chi connectivity index (χ0) is 29.0. The van der Waals surface area contributed by atoms with Gasteiger partial charge in [-0.3, -0.25) is 14.4 Å². The third-order valence-electron chi connectivity index (χ3n) is 14.2. The molecule has 5 saturated carbocycles. The summed E-state index contributed by atoms with van der Waals surface area (Å²) in [5, 5.41) is 12.9. The number of ketones is 1. The summed E-state index contributed by atoms with van der Waals surface area (Å²) in [4.78, 5) is 39.7. The Labute approximate surface area is 235 Å². The smallest absolute Gasteiger partial charge is 0.311 e. The molecule has 6 nitrogen and oxygen atoms in total. The molecule has 0 bridgehead atoms. The number of methoxy groups -OCH3 is 1. The molecule has 0 radical (unpaired) electrons. The highest BCUT2D eigenvalue weighted by atomic mass is 16.5. The van der Waals surface area contributed by atoms with Gasteiger partial charge in [0.1, 0.15) is 11.9 Å². The Balaban J connectivity index is 1.55. The average molecular weight is 545 g/mol. The van der Waals surface area contributed by atoms with Crippen molar-refractivity contribution in [3.05, 3.63) is 0 Å². The van der Waals surface area contributed by atoms with E-state index in [1.54, 1.807) is 0 Å². The number of Topliss-reactive ketones (excluding diaryl/α,β-unsaturated/α-hetero) is 1. The van der Waals surface area contributed by atoms with Crippen LogP contribution in [0.3, 0.4) is 0 Å². The van der Waals surface area contributed by atoms with E-state index < -0.39 is 27.8 Å². The third-order valence-corrected chi connectivity index (χ3v) is 14.2. The lowest BCUT2D eigenvalue weighted by Crippen LogP contribution is -2.61. The molecule has 39 heavy (non-hydrogen) atoms. The van der Waals surface area contributed by atoms with Gasteiger partial charge in [-0.2, -0.15) is 0 Å². The Bertz CT molecular complexity index is 1080. The SMILES string of the molecule is COC(=O)[C@]1(C)CC[C@]2(C)CC[C@@]3(C)[C@@](C)(C[C@H]4C(=O)[C@@]5(C)CC[C@H](OC(C)=O)C(C)(C)[C@@H]5CC[C@@]43O)[C@@H]2C1. The van der Waals surface area contributed by atoms with E-state index in [2.05, 4.69) is 48.5 Å². The maximum atomic E-state index is 14.8. The summed E-state index contributed by atoms with van der Waals surface area (Å²) in [5.41, 5.74) is -3.15. The minimum atomic E-state index is -1.09. The first kappa shape index (κ1) is 29.1. The minimum Gasteiger partial charge on any atom is -0.469 e. The van der Waals surface area contributed by atoms with E-state index in [4.69, 9.17) is 9.47 Å². The Morgan fingerprint density at radius 2 is 1.49 bits per heavy atom. The van der Waals surface area contributed by atoms with E-state index in [1.165, 1.54) is 14.0 Å². The van der Waals surface area contributed by atoms with E-state index in [-0.39, 0.29) is 51.9 Å². The predicted octanol–water partition coefficient (Wildman–Crippen LogP) is 6.27. The predicted molar refractivity (Wildman–Crippen MR) is 148 cm³/mol. The fraction of sp³-hybridized carbons (Fsp3) is 0.909. The number of hydrogen-bond acceptors (Lipinski definition) is 6. The van der Waals surface area contributed by atoms with Gasteiger partial charge >= 0.3 is 11.9 Å². The average Bonchev–Trinajstić information content (AvgIpc) is 2.98. The van der Waals surface area contributed by atoms with Gasteiger partial charge in [0.25, 0.3) is 0 Å². The van der Waals surface area contributed by atoms with E-state index in [9.17, 15) is 19.5 Å². The monoisotopic (exact) mass is 544 g/mol. The first-order valence-electron chi connectivity index (χ1n) is 15.4. The molecule has 5 aliphatic rings. The Morgan fingerprint density at radius 3 is 2.10 bits per heavy atom. The number of carbonyl (C=O) groups is 3. The van der Waals surface area contributed by atoms with Crippen molar-refractivity contribution in [3.8, 4) is 0 Å². The molecule has 5 rings (SSSR count). The van der Waals surface area contributed by atoms with Gasteiger partial charge in [-0.05, 0) is 93.8 Å². The number of fused-ring (bicyclic) bond motifs is 6. The molecular formula is C33H52O6. The Hall–Kier alpha value is -1.43. The molecule has 5 fully saturated rings.